The van der Waals surface area contributed by atoms with Crippen molar-refractivity contribution in [2.24, 2.45) is 0 Å². The summed E-state index contributed by atoms with van der Waals surface area (Å²) in [6.07, 6.45) is 0. The zero-order valence-corrected chi connectivity index (χ0v) is 35.1. The zero-order valence-electron chi connectivity index (χ0n) is 33.4. The molecule has 2 heteroatoms. The van der Waals surface area contributed by atoms with Gasteiger partial charge in [-0.3, -0.25) is 0 Å². The zero-order chi connectivity index (χ0) is 40.5. The fourth-order valence-corrected chi connectivity index (χ4v) is 12.9. The van der Waals surface area contributed by atoms with E-state index in [0.717, 1.165) is 0 Å². The van der Waals surface area contributed by atoms with Gasteiger partial charge in [0.25, 0.3) is 0 Å². The number of fused-ring (bicyclic) bond motifs is 20. The highest BCUT2D eigenvalue weighted by atomic mass is 32.1. The van der Waals surface area contributed by atoms with E-state index in [1.807, 2.05) is 22.7 Å². The van der Waals surface area contributed by atoms with Crippen LogP contribution in [0.25, 0.3) is 139 Å². The molecule has 62 heavy (non-hydrogen) atoms. The molecule has 0 bridgehead atoms. The predicted molar refractivity (Wildman–Crippen MR) is 271 cm³/mol. The van der Waals surface area contributed by atoms with Crippen LogP contribution in [0.3, 0.4) is 0 Å². The van der Waals surface area contributed by atoms with Crippen LogP contribution in [0.1, 0.15) is 0 Å². The van der Waals surface area contributed by atoms with Crippen LogP contribution in [-0.4, -0.2) is 0 Å². The topological polar surface area (TPSA) is 0 Å². The molecular formula is C60H34S2. The molecule has 0 radical (unpaired) electrons. The first-order valence-electron chi connectivity index (χ1n) is 21.3. The van der Waals surface area contributed by atoms with Crippen LogP contribution in [0, 0.1) is 0 Å². The van der Waals surface area contributed by atoms with Gasteiger partial charge in [0, 0.05) is 40.3 Å². The lowest BCUT2D eigenvalue weighted by Crippen LogP contribution is -2.01. The Morgan fingerprint density at radius 1 is 0.194 bits per heavy atom. The first-order chi connectivity index (χ1) is 30.7. The van der Waals surface area contributed by atoms with Crippen LogP contribution < -0.4 is 0 Å². The van der Waals surface area contributed by atoms with E-state index < -0.39 is 0 Å². The smallest absolute Gasteiger partial charge is 0.0355 e. The number of hydrogen-bond donors (Lipinski definition) is 0. The molecule has 0 fully saturated rings. The molecule has 2 heterocycles. The molecule has 0 saturated carbocycles. The molecule has 0 saturated heterocycles. The van der Waals surface area contributed by atoms with E-state index in [9.17, 15) is 0 Å². The second-order valence-corrected chi connectivity index (χ2v) is 18.8. The van der Waals surface area contributed by atoms with Gasteiger partial charge in [0.1, 0.15) is 0 Å². The summed E-state index contributed by atoms with van der Waals surface area (Å²) < 4.78 is 5.29. The van der Waals surface area contributed by atoms with E-state index in [-0.39, 0.29) is 0 Å². The summed E-state index contributed by atoms with van der Waals surface area (Å²) in [6.45, 7) is 0. The van der Waals surface area contributed by atoms with Gasteiger partial charge in [-0.25, -0.2) is 0 Å². The molecule has 1 aliphatic rings. The van der Waals surface area contributed by atoms with Gasteiger partial charge in [-0.1, -0.05) is 158 Å². The van der Waals surface area contributed by atoms with Crippen molar-refractivity contribution < 1.29 is 0 Å². The third-order valence-electron chi connectivity index (χ3n) is 13.4. The van der Waals surface area contributed by atoms with Crippen molar-refractivity contribution in [1.82, 2.24) is 0 Å². The summed E-state index contributed by atoms with van der Waals surface area (Å²) in [6, 6.07) is 78.0. The van der Waals surface area contributed by atoms with Crippen molar-refractivity contribution >= 4 is 95.3 Å². The SMILES string of the molecule is c1ccc2c(c1)-c1c(-c3ccc4sc5ccccc5c4c3)cccc1-c1cc3c4ccccc4c4ccccc4c3cc1-c1cccc(-c3ccc4sc5ccccc5c4c3)c1-2. The number of benzene rings is 11. The summed E-state index contributed by atoms with van der Waals surface area (Å²) in [7, 11) is 0. The second-order valence-electron chi connectivity index (χ2n) is 16.7. The molecule has 1 aliphatic carbocycles. The predicted octanol–water partition coefficient (Wildman–Crippen LogP) is 18.2. The highest BCUT2D eigenvalue weighted by molar-refractivity contribution is 7.26. The van der Waals surface area contributed by atoms with Crippen LogP contribution in [0.4, 0.5) is 0 Å². The molecule has 0 nitrogen and oxygen atoms in total. The van der Waals surface area contributed by atoms with Gasteiger partial charge in [0.2, 0.25) is 0 Å². The molecule has 0 N–H and O–H groups in total. The number of rotatable bonds is 2. The molecule has 0 atom stereocenters. The second kappa shape index (κ2) is 13.1. The largest absolute Gasteiger partial charge is 0.135 e. The average molecular weight is 819 g/mol. The molecule has 2 aromatic heterocycles. The lowest BCUT2D eigenvalue weighted by atomic mass is 9.75. The molecule has 286 valence electrons. The quantitative estimate of drug-likeness (QED) is 0.152. The van der Waals surface area contributed by atoms with Gasteiger partial charge in [-0.15, -0.1) is 22.7 Å². The molecule has 14 rings (SSSR count). The highest BCUT2D eigenvalue weighted by Crippen LogP contribution is 2.55. The summed E-state index contributed by atoms with van der Waals surface area (Å²) >= 11 is 3.75. The Balaban J connectivity index is 1.14. The van der Waals surface area contributed by atoms with Crippen molar-refractivity contribution in [3.63, 3.8) is 0 Å². The maximum Gasteiger partial charge on any atom is 0.0355 e. The minimum Gasteiger partial charge on any atom is -0.135 e. The van der Waals surface area contributed by atoms with E-state index >= 15 is 0 Å². The van der Waals surface area contributed by atoms with Crippen molar-refractivity contribution in [1.29, 1.82) is 0 Å². The molecule has 0 aliphatic heterocycles. The molecular weight excluding hydrogens is 785 g/mol. The summed E-state index contributed by atoms with van der Waals surface area (Å²) in [4.78, 5) is 0. The van der Waals surface area contributed by atoms with E-state index in [1.165, 1.54) is 139 Å². The van der Waals surface area contributed by atoms with Gasteiger partial charge < -0.3 is 0 Å². The standard InChI is InChI=1S/C60H34S2/c1-3-15-41-39(13-1)40-14-2-4-16-42(40)50-34-52-48-24-12-22-38(36-28-30-58-54(32-36)44-18-8-10-26-56(44)62-58)60(48)46-20-6-5-19-45(46)59-37(21-11-23-47(59)51(52)33-49(41)50)35-27-29-57-53(31-35)43-17-7-9-25-55(43)61-57/h1-34H. The Morgan fingerprint density at radius 2 is 0.532 bits per heavy atom. The summed E-state index contributed by atoms with van der Waals surface area (Å²) in [5.74, 6) is 0. The first kappa shape index (κ1) is 34.4. The van der Waals surface area contributed by atoms with E-state index in [0.29, 0.717) is 0 Å². The van der Waals surface area contributed by atoms with Crippen molar-refractivity contribution in [2.45, 2.75) is 0 Å². The Kier molecular flexibility index (Phi) is 7.24. The summed E-state index contributed by atoms with van der Waals surface area (Å²) in [5.41, 5.74) is 15.0. The maximum atomic E-state index is 2.52. The van der Waals surface area contributed by atoms with Gasteiger partial charge in [0.05, 0.1) is 0 Å². The Bertz CT molecular complexity index is 3780. The lowest BCUT2D eigenvalue weighted by molar-refractivity contribution is 1.52. The van der Waals surface area contributed by atoms with Gasteiger partial charge in [0.15, 0.2) is 0 Å². The maximum absolute atomic E-state index is 2.52. The normalized spacial score (nSPS) is 12.2. The van der Waals surface area contributed by atoms with Crippen LogP contribution in [0.2, 0.25) is 0 Å². The van der Waals surface area contributed by atoms with Crippen molar-refractivity contribution in [2.75, 3.05) is 0 Å². The monoisotopic (exact) mass is 818 g/mol. The van der Waals surface area contributed by atoms with Gasteiger partial charge >= 0.3 is 0 Å². The lowest BCUT2D eigenvalue weighted by Gasteiger charge is -2.27. The van der Waals surface area contributed by atoms with Gasteiger partial charge in [-0.05, 0) is 148 Å². The first-order valence-corrected chi connectivity index (χ1v) is 23.0. The fourth-order valence-electron chi connectivity index (χ4n) is 10.7. The minimum atomic E-state index is 1.23. The van der Waals surface area contributed by atoms with Crippen molar-refractivity contribution in [3.05, 3.63) is 206 Å². The number of hydrogen-bond acceptors (Lipinski definition) is 2. The average Bonchev–Trinajstić information content (AvgIpc) is 3.90. The molecule has 0 unspecified atom stereocenters. The minimum absolute atomic E-state index is 1.23. The van der Waals surface area contributed by atoms with Crippen LogP contribution in [0.15, 0.2) is 206 Å². The fraction of sp³-hybridized carbons (Fsp3) is 0. The van der Waals surface area contributed by atoms with E-state index in [2.05, 4.69) is 206 Å². The molecule has 11 aromatic carbocycles. The third-order valence-corrected chi connectivity index (χ3v) is 15.7. The highest BCUT2D eigenvalue weighted by Gasteiger charge is 2.28. The Morgan fingerprint density at radius 3 is 0.984 bits per heavy atom. The summed E-state index contributed by atoms with van der Waals surface area (Å²) in [5, 5.41) is 13.0. The van der Waals surface area contributed by atoms with E-state index in [1.54, 1.807) is 0 Å². The van der Waals surface area contributed by atoms with E-state index in [4.69, 9.17) is 0 Å². The molecule has 13 aromatic rings. The van der Waals surface area contributed by atoms with Crippen LogP contribution in [0.5, 0.6) is 0 Å². The third kappa shape index (κ3) is 4.88. The van der Waals surface area contributed by atoms with Crippen LogP contribution in [-0.2, 0) is 0 Å². The Hall–Kier alpha value is -7.36. The van der Waals surface area contributed by atoms with Crippen molar-refractivity contribution in [3.8, 4) is 66.8 Å². The Labute approximate surface area is 366 Å². The number of thiophene rings is 2. The van der Waals surface area contributed by atoms with Crippen LogP contribution >= 0.6 is 22.7 Å². The van der Waals surface area contributed by atoms with Gasteiger partial charge in [-0.2, -0.15) is 0 Å². The molecule has 0 amide bonds. The molecule has 0 spiro atoms.